The van der Waals surface area contributed by atoms with E-state index in [2.05, 4.69) is 23.5 Å². The summed E-state index contributed by atoms with van der Waals surface area (Å²) in [5.74, 6) is 1.76. The number of hydrogen-bond acceptors (Lipinski definition) is 4. The van der Waals surface area contributed by atoms with Crippen LogP contribution in [0.1, 0.15) is 31.2 Å². The van der Waals surface area contributed by atoms with Crippen molar-refractivity contribution in [2.75, 3.05) is 6.61 Å². The molecule has 0 bridgehead atoms. The molecule has 2 aromatic rings. The van der Waals surface area contributed by atoms with E-state index in [-0.39, 0.29) is 6.04 Å². The van der Waals surface area contributed by atoms with Crippen molar-refractivity contribution in [1.29, 1.82) is 0 Å². The Morgan fingerprint density at radius 1 is 1.33 bits per heavy atom. The zero-order valence-electron chi connectivity index (χ0n) is 10.7. The Balaban J connectivity index is 2.01. The smallest absolute Gasteiger partial charge is 0.150 e. The highest BCUT2D eigenvalue weighted by molar-refractivity contribution is 5.35. The molecular formula is C14H18N2O2. The molecule has 1 atom stereocenters. The Kier molecular flexibility index (Phi) is 4.36. The first-order valence-electron chi connectivity index (χ1n) is 6.16. The van der Waals surface area contributed by atoms with Gasteiger partial charge in [0.25, 0.3) is 0 Å². The topological polar surface area (TPSA) is 47.3 Å². The normalized spacial score (nSPS) is 12.3. The minimum absolute atomic E-state index is 0.192. The molecular weight excluding hydrogens is 228 g/mol. The molecule has 1 heterocycles. The molecule has 96 valence electrons. The van der Waals surface area contributed by atoms with Crippen LogP contribution in [-0.2, 0) is 6.54 Å². The van der Waals surface area contributed by atoms with E-state index in [1.807, 2.05) is 31.2 Å². The summed E-state index contributed by atoms with van der Waals surface area (Å²) in [6.07, 6.45) is 1.65. The summed E-state index contributed by atoms with van der Waals surface area (Å²) in [7, 11) is 0. The Morgan fingerprint density at radius 3 is 2.89 bits per heavy atom. The summed E-state index contributed by atoms with van der Waals surface area (Å²) >= 11 is 0. The molecule has 0 radical (unpaired) electrons. The fourth-order valence-corrected chi connectivity index (χ4v) is 1.82. The number of para-hydroxylation sites is 1. The maximum absolute atomic E-state index is 5.62. The van der Waals surface area contributed by atoms with Crippen molar-refractivity contribution in [3.05, 3.63) is 47.9 Å². The molecule has 0 spiro atoms. The van der Waals surface area contributed by atoms with Crippen LogP contribution >= 0.6 is 0 Å². The molecule has 1 aromatic carbocycles. The Labute approximate surface area is 107 Å². The van der Waals surface area contributed by atoms with Crippen molar-refractivity contribution in [3.8, 4) is 5.75 Å². The van der Waals surface area contributed by atoms with Crippen LogP contribution in [0.2, 0.25) is 0 Å². The van der Waals surface area contributed by atoms with Crippen LogP contribution in [0.15, 0.2) is 41.1 Å². The number of benzene rings is 1. The quantitative estimate of drug-likeness (QED) is 0.851. The summed E-state index contributed by atoms with van der Waals surface area (Å²) in [6, 6.07) is 10.1. The lowest BCUT2D eigenvalue weighted by Crippen LogP contribution is -2.18. The molecule has 4 nitrogen and oxygen atoms in total. The molecule has 1 aromatic heterocycles. The van der Waals surface area contributed by atoms with Gasteiger partial charge in [0.1, 0.15) is 11.5 Å². The highest BCUT2D eigenvalue weighted by Crippen LogP contribution is 2.24. The fourth-order valence-electron chi connectivity index (χ4n) is 1.82. The van der Waals surface area contributed by atoms with Gasteiger partial charge in [-0.1, -0.05) is 23.4 Å². The minimum atomic E-state index is 0.192. The highest BCUT2D eigenvalue weighted by Gasteiger charge is 2.11. The second kappa shape index (κ2) is 6.21. The second-order valence-electron chi connectivity index (χ2n) is 4.05. The van der Waals surface area contributed by atoms with E-state index in [1.165, 1.54) is 0 Å². The maximum Gasteiger partial charge on any atom is 0.150 e. The van der Waals surface area contributed by atoms with E-state index in [0.717, 1.165) is 17.1 Å². The van der Waals surface area contributed by atoms with Crippen molar-refractivity contribution >= 4 is 0 Å². The van der Waals surface area contributed by atoms with Crippen molar-refractivity contribution in [1.82, 2.24) is 10.5 Å². The van der Waals surface area contributed by atoms with Crippen molar-refractivity contribution in [2.45, 2.75) is 26.4 Å². The van der Waals surface area contributed by atoms with Gasteiger partial charge in [0, 0.05) is 17.7 Å². The van der Waals surface area contributed by atoms with Crippen LogP contribution in [0.4, 0.5) is 0 Å². The van der Waals surface area contributed by atoms with Gasteiger partial charge in [0.05, 0.1) is 19.3 Å². The Morgan fingerprint density at radius 2 is 2.17 bits per heavy atom. The van der Waals surface area contributed by atoms with Gasteiger partial charge in [0.2, 0.25) is 0 Å². The summed E-state index contributed by atoms with van der Waals surface area (Å²) in [6.45, 7) is 5.42. The van der Waals surface area contributed by atoms with Crippen molar-refractivity contribution < 1.29 is 9.26 Å². The van der Waals surface area contributed by atoms with E-state index in [0.29, 0.717) is 13.2 Å². The number of aromatic nitrogens is 1. The number of ether oxygens (including phenoxy) is 1. The van der Waals surface area contributed by atoms with Gasteiger partial charge in [-0.3, -0.25) is 0 Å². The van der Waals surface area contributed by atoms with Crippen LogP contribution in [-0.4, -0.2) is 11.8 Å². The summed E-state index contributed by atoms with van der Waals surface area (Å²) in [5.41, 5.74) is 1.15. The fraction of sp³-hybridized carbons (Fsp3) is 0.357. The number of nitrogens with one attached hydrogen (secondary N) is 1. The summed E-state index contributed by atoms with van der Waals surface area (Å²) < 4.78 is 10.7. The standard InChI is InChI=1S/C14H18N2O2/c1-3-17-14-7-5-4-6-13(14)11(2)15-10-12-8-9-16-18-12/h4-9,11,15H,3,10H2,1-2H3. The first-order valence-corrected chi connectivity index (χ1v) is 6.16. The van der Waals surface area contributed by atoms with Crippen molar-refractivity contribution in [3.63, 3.8) is 0 Å². The van der Waals surface area contributed by atoms with E-state index in [9.17, 15) is 0 Å². The van der Waals surface area contributed by atoms with Gasteiger partial charge in [-0.2, -0.15) is 0 Å². The van der Waals surface area contributed by atoms with Gasteiger partial charge < -0.3 is 14.6 Å². The molecule has 0 aliphatic heterocycles. The molecule has 0 aliphatic rings. The third-order valence-corrected chi connectivity index (χ3v) is 2.76. The molecule has 4 heteroatoms. The van der Waals surface area contributed by atoms with Gasteiger partial charge in [-0.15, -0.1) is 0 Å². The molecule has 1 unspecified atom stereocenters. The number of hydrogen-bond donors (Lipinski definition) is 1. The van der Waals surface area contributed by atoms with E-state index in [4.69, 9.17) is 9.26 Å². The van der Waals surface area contributed by atoms with Gasteiger partial charge in [-0.05, 0) is 19.9 Å². The molecule has 0 fully saturated rings. The lowest BCUT2D eigenvalue weighted by molar-refractivity contribution is 0.329. The highest BCUT2D eigenvalue weighted by atomic mass is 16.5. The SMILES string of the molecule is CCOc1ccccc1C(C)NCc1ccno1. The zero-order chi connectivity index (χ0) is 12.8. The van der Waals surface area contributed by atoms with Crippen LogP contribution in [0.5, 0.6) is 5.75 Å². The lowest BCUT2D eigenvalue weighted by Gasteiger charge is -2.17. The van der Waals surface area contributed by atoms with E-state index >= 15 is 0 Å². The third-order valence-electron chi connectivity index (χ3n) is 2.76. The zero-order valence-corrected chi connectivity index (χ0v) is 10.7. The van der Waals surface area contributed by atoms with E-state index in [1.54, 1.807) is 6.20 Å². The van der Waals surface area contributed by atoms with E-state index < -0.39 is 0 Å². The Bertz CT molecular complexity index is 468. The molecule has 0 amide bonds. The molecule has 0 saturated carbocycles. The van der Waals surface area contributed by atoms with Gasteiger partial charge in [0.15, 0.2) is 0 Å². The summed E-state index contributed by atoms with van der Waals surface area (Å²) in [4.78, 5) is 0. The lowest BCUT2D eigenvalue weighted by atomic mass is 10.1. The third kappa shape index (κ3) is 3.11. The number of nitrogens with zero attached hydrogens (tertiary/aromatic N) is 1. The minimum Gasteiger partial charge on any atom is -0.494 e. The van der Waals surface area contributed by atoms with Crippen molar-refractivity contribution in [2.24, 2.45) is 0 Å². The van der Waals surface area contributed by atoms with Crippen LogP contribution in [0.25, 0.3) is 0 Å². The largest absolute Gasteiger partial charge is 0.494 e. The van der Waals surface area contributed by atoms with Gasteiger partial charge in [-0.25, -0.2) is 0 Å². The molecule has 2 rings (SSSR count). The molecule has 0 saturated heterocycles. The predicted octanol–water partition coefficient (Wildman–Crippen LogP) is 2.92. The predicted molar refractivity (Wildman–Crippen MR) is 69.4 cm³/mol. The average Bonchev–Trinajstić information content (AvgIpc) is 2.90. The summed E-state index contributed by atoms with van der Waals surface area (Å²) in [5, 5.41) is 7.07. The Hall–Kier alpha value is -1.81. The van der Waals surface area contributed by atoms with Crippen LogP contribution < -0.4 is 10.1 Å². The molecule has 1 N–H and O–H groups in total. The average molecular weight is 246 g/mol. The molecule has 0 aliphatic carbocycles. The monoisotopic (exact) mass is 246 g/mol. The number of rotatable bonds is 6. The second-order valence-corrected chi connectivity index (χ2v) is 4.05. The first kappa shape index (κ1) is 12.6. The first-order chi connectivity index (χ1) is 8.81. The van der Waals surface area contributed by atoms with Gasteiger partial charge >= 0.3 is 0 Å². The van der Waals surface area contributed by atoms with Crippen LogP contribution in [0.3, 0.4) is 0 Å². The molecule has 18 heavy (non-hydrogen) atoms. The maximum atomic E-state index is 5.62. The van der Waals surface area contributed by atoms with Crippen LogP contribution in [0, 0.1) is 0 Å².